The highest BCUT2D eigenvalue weighted by Gasteiger charge is 2.52. The molecule has 0 bridgehead atoms. The van der Waals surface area contributed by atoms with Gasteiger partial charge in [-0.2, -0.15) is 0 Å². The number of amides is 1. The second-order valence-electron chi connectivity index (χ2n) is 7.80. The number of carbonyl (C=O) groups excluding carboxylic acids is 1. The molecule has 1 N–H and O–H groups in total. The summed E-state index contributed by atoms with van der Waals surface area (Å²) < 4.78 is 31.7. The van der Waals surface area contributed by atoms with E-state index in [1.165, 1.54) is 8.87 Å². The maximum atomic E-state index is 12.9. The van der Waals surface area contributed by atoms with Gasteiger partial charge in [-0.1, -0.05) is 12.1 Å². The fourth-order valence-electron chi connectivity index (χ4n) is 4.43. The van der Waals surface area contributed by atoms with Crippen molar-refractivity contribution in [3.05, 3.63) is 34.8 Å². The lowest BCUT2D eigenvalue weighted by Crippen LogP contribution is -2.53. The van der Waals surface area contributed by atoms with Crippen LogP contribution in [0.3, 0.4) is 0 Å². The highest BCUT2D eigenvalue weighted by atomic mass is 32.2. The zero-order chi connectivity index (χ0) is 20.1. The molecule has 0 unspecified atom stereocenters. The van der Waals surface area contributed by atoms with Gasteiger partial charge in [0, 0.05) is 31.6 Å². The minimum absolute atomic E-state index is 0.00810. The number of hydrogen-bond donors (Lipinski definition) is 1. The number of hydrogen-bond acceptors (Lipinski definition) is 6. The predicted octanol–water partition coefficient (Wildman–Crippen LogP) is -0.303. The number of sulfonamides is 1. The molecule has 152 valence electrons. The summed E-state index contributed by atoms with van der Waals surface area (Å²) in [4.78, 5) is 26.6. The number of aliphatic hydroxyl groups is 1. The number of aliphatic hydroxyl groups excluding tert-OH is 1. The molecular weight excluding hydrogens is 386 g/mol. The van der Waals surface area contributed by atoms with E-state index in [1.807, 2.05) is 0 Å². The quantitative estimate of drug-likeness (QED) is 0.742. The minimum Gasteiger partial charge on any atom is -0.408 e. The van der Waals surface area contributed by atoms with Gasteiger partial charge in [-0.25, -0.2) is 17.5 Å². The summed E-state index contributed by atoms with van der Waals surface area (Å²) in [6.07, 6.45) is 1.77. The average Bonchev–Trinajstić information content (AvgIpc) is 3.20. The Morgan fingerprint density at radius 1 is 1.32 bits per heavy atom. The molecule has 10 heteroatoms. The van der Waals surface area contributed by atoms with Crippen LogP contribution in [0.4, 0.5) is 0 Å². The van der Waals surface area contributed by atoms with Gasteiger partial charge < -0.3 is 14.4 Å². The van der Waals surface area contributed by atoms with Crippen molar-refractivity contribution < 1.29 is 22.7 Å². The topological polar surface area (TPSA) is 113 Å². The van der Waals surface area contributed by atoms with E-state index < -0.39 is 21.2 Å². The Labute approximate surface area is 162 Å². The van der Waals surface area contributed by atoms with Crippen LogP contribution in [0.25, 0.3) is 11.1 Å². The maximum Gasteiger partial charge on any atom is 0.420 e. The first-order chi connectivity index (χ1) is 13.2. The molecule has 2 aromatic rings. The van der Waals surface area contributed by atoms with Gasteiger partial charge in [-0.3, -0.25) is 9.36 Å². The average molecular weight is 409 g/mol. The molecule has 0 spiro atoms. The van der Waals surface area contributed by atoms with Gasteiger partial charge in [0.25, 0.3) is 0 Å². The van der Waals surface area contributed by atoms with E-state index in [0.717, 1.165) is 6.26 Å². The van der Waals surface area contributed by atoms with Gasteiger partial charge >= 0.3 is 5.76 Å². The van der Waals surface area contributed by atoms with E-state index in [1.54, 1.807) is 29.2 Å². The zero-order valence-electron chi connectivity index (χ0n) is 15.6. The molecule has 1 aromatic carbocycles. The lowest BCUT2D eigenvalue weighted by molar-refractivity contribution is -0.137. The first kappa shape index (κ1) is 19.2. The molecule has 3 heterocycles. The summed E-state index contributed by atoms with van der Waals surface area (Å²) >= 11 is 0. The number of likely N-dealkylation sites (tertiary alicyclic amines) is 1. The van der Waals surface area contributed by atoms with E-state index >= 15 is 0 Å². The smallest absolute Gasteiger partial charge is 0.408 e. The molecule has 1 amide bonds. The van der Waals surface area contributed by atoms with Crippen molar-refractivity contribution in [2.45, 2.75) is 13.0 Å². The van der Waals surface area contributed by atoms with Gasteiger partial charge in [0.15, 0.2) is 5.58 Å². The molecule has 9 nitrogen and oxygen atoms in total. The fourth-order valence-corrected chi connectivity index (χ4v) is 5.37. The van der Waals surface area contributed by atoms with Crippen LogP contribution in [0, 0.1) is 11.3 Å². The fraction of sp³-hybridized carbons (Fsp3) is 0.556. The second kappa shape index (κ2) is 6.71. The van der Waals surface area contributed by atoms with Crippen molar-refractivity contribution in [3.8, 4) is 0 Å². The third-order valence-corrected chi connectivity index (χ3v) is 7.25. The van der Waals surface area contributed by atoms with Crippen molar-refractivity contribution in [2.24, 2.45) is 11.3 Å². The largest absolute Gasteiger partial charge is 0.420 e. The highest BCUT2D eigenvalue weighted by molar-refractivity contribution is 7.88. The third kappa shape index (κ3) is 3.15. The Balaban J connectivity index is 1.55. The Morgan fingerprint density at radius 3 is 2.79 bits per heavy atom. The maximum absolute atomic E-state index is 12.9. The summed E-state index contributed by atoms with van der Waals surface area (Å²) in [7, 11) is -3.36. The number of aromatic nitrogens is 1. The first-order valence-corrected chi connectivity index (χ1v) is 11.0. The third-order valence-electron chi connectivity index (χ3n) is 6.04. The summed E-state index contributed by atoms with van der Waals surface area (Å²) in [5, 5.41) is 10.0. The van der Waals surface area contributed by atoms with Gasteiger partial charge in [-0.05, 0) is 24.5 Å². The highest BCUT2D eigenvalue weighted by Crippen LogP contribution is 2.42. The molecule has 2 saturated heterocycles. The molecule has 2 aliphatic rings. The van der Waals surface area contributed by atoms with E-state index in [2.05, 4.69) is 0 Å². The van der Waals surface area contributed by atoms with Gasteiger partial charge in [0.05, 0.1) is 18.4 Å². The SMILES string of the molecule is CS(=O)(=O)N1C[C@H]2CCN(C(=O)Cn3c(=O)oc4ccccc43)C[C@@]2(CO)C1. The zero-order valence-corrected chi connectivity index (χ0v) is 16.4. The van der Waals surface area contributed by atoms with Crippen LogP contribution in [0.15, 0.2) is 33.5 Å². The van der Waals surface area contributed by atoms with Gasteiger partial charge in [-0.15, -0.1) is 0 Å². The van der Waals surface area contributed by atoms with Crippen LogP contribution in [-0.2, 0) is 21.4 Å². The number of rotatable bonds is 4. The molecule has 2 atom stereocenters. The van der Waals surface area contributed by atoms with Crippen molar-refractivity contribution >= 4 is 27.0 Å². The van der Waals surface area contributed by atoms with Crippen molar-refractivity contribution in [2.75, 3.05) is 39.0 Å². The Bertz CT molecular complexity index is 1070. The van der Waals surface area contributed by atoms with Crippen LogP contribution in [-0.4, -0.2) is 72.2 Å². The van der Waals surface area contributed by atoms with Gasteiger partial charge in [0.1, 0.15) is 6.54 Å². The second-order valence-corrected chi connectivity index (χ2v) is 9.78. The van der Waals surface area contributed by atoms with Gasteiger partial charge in [0.2, 0.25) is 15.9 Å². The normalized spacial score (nSPS) is 25.9. The van der Waals surface area contributed by atoms with Crippen molar-refractivity contribution in [1.29, 1.82) is 0 Å². The first-order valence-electron chi connectivity index (χ1n) is 9.16. The summed E-state index contributed by atoms with van der Waals surface area (Å²) in [5.41, 5.74) is 0.308. The van der Waals surface area contributed by atoms with Crippen LogP contribution < -0.4 is 5.76 Å². The molecular formula is C18H23N3O6S. The van der Waals surface area contributed by atoms with E-state index in [-0.39, 0.29) is 38.1 Å². The lowest BCUT2D eigenvalue weighted by Gasteiger charge is -2.43. The van der Waals surface area contributed by atoms with E-state index in [4.69, 9.17) is 4.42 Å². The molecule has 2 fully saturated rings. The van der Waals surface area contributed by atoms with E-state index in [0.29, 0.717) is 30.6 Å². The monoisotopic (exact) mass is 409 g/mol. The summed E-state index contributed by atoms with van der Waals surface area (Å²) in [5.74, 6) is -0.836. The number of benzene rings is 1. The number of para-hydroxylation sites is 2. The standard InChI is InChI=1S/C18H23N3O6S/c1-28(25,26)20-8-13-6-7-19(10-18(13,11-20)12-22)16(23)9-21-14-4-2-3-5-15(14)27-17(21)24/h2-5,13,22H,6-12H2,1H3/t13-,18+/m1/s1. The number of fused-ring (bicyclic) bond motifs is 2. The number of nitrogens with zero attached hydrogens (tertiary/aromatic N) is 3. The van der Waals surface area contributed by atoms with Crippen LogP contribution in [0.2, 0.25) is 0 Å². The van der Waals surface area contributed by atoms with Crippen LogP contribution >= 0.6 is 0 Å². The summed E-state index contributed by atoms with van der Waals surface area (Å²) in [6, 6.07) is 6.90. The number of carbonyl (C=O) groups is 1. The molecule has 0 radical (unpaired) electrons. The molecule has 28 heavy (non-hydrogen) atoms. The Morgan fingerprint density at radius 2 is 2.07 bits per heavy atom. The summed E-state index contributed by atoms with van der Waals surface area (Å²) in [6.45, 7) is 0.954. The lowest BCUT2D eigenvalue weighted by atomic mass is 9.74. The van der Waals surface area contributed by atoms with Crippen LogP contribution in [0.5, 0.6) is 0 Å². The Kier molecular flexibility index (Phi) is 4.59. The van der Waals surface area contributed by atoms with E-state index in [9.17, 15) is 23.1 Å². The molecule has 1 aromatic heterocycles. The minimum atomic E-state index is -3.36. The molecule has 2 aliphatic heterocycles. The number of oxazole rings is 1. The molecule has 0 saturated carbocycles. The van der Waals surface area contributed by atoms with Crippen LogP contribution in [0.1, 0.15) is 6.42 Å². The van der Waals surface area contributed by atoms with Crippen molar-refractivity contribution in [3.63, 3.8) is 0 Å². The molecule has 0 aliphatic carbocycles. The van der Waals surface area contributed by atoms with Crippen molar-refractivity contribution in [1.82, 2.24) is 13.8 Å². The number of piperidine rings is 1. The molecule has 4 rings (SSSR count). The predicted molar refractivity (Wildman–Crippen MR) is 101 cm³/mol. The Hall–Kier alpha value is -2.17.